The minimum atomic E-state index is -0.750. The molecule has 27 heavy (non-hydrogen) atoms. The molecular formula is C19H16ClFN2O4. The maximum atomic E-state index is 13.9. The monoisotopic (exact) mass is 390 g/mol. The molecule has 140 valence electrons. The number of rotatable bonds is 5. The second-order valence-electron chi connectivity index (χ2n) is 6.02. The number of ether oxygens (including phenoxy) is 1. The number of halogens is 2. The van der Waals surface area contributed by atoms with Crippen molar-refractivity contribution in [2.24, 2.45) is 5.92 Å². The molecule has 1 aliphatic rings. The van der Waals surface area contributed by atoms with Crippen molar-refractivity contribution >= 4 is 40.8 Å². The van der Waals surface area contributed by atoms with Gasteiger partial charge in [-0.15, -0.1) is 0 Å². The van der Waals surface area contributed by atoms with Crippen molar-refractivity contribution in [3.8, 4) is 0 Å². The number of amides is 2. The molecule has 8 heteroatoms. The van der Waals surface area contributed by atoms with Crippen molar-refractivity contribution in [3.63, 3.8) is 0 Å². The summed E-state index contributed by atoms with van der Waals surface area (Å²) in [5.74, 6) is -2.84. The fourth-order valence-electron chi connectivity index (χ4n) is 2.75. The summed E-state index contributed by atoms with van der Waals surface area (Å²) in [6.07, 6.45) is -0.0913. The number of benzene rings is 2. The minimum absolute atomic E-state index is 0.0113. The zero-order valence-corrected chi connectivity index (χ0v) is 14.9. The zero-order valence-electron chi connectivity index (χ0n) is 14.2. The van der Waals surface area contributed by atoms with Gasteiger partial charge in [0.05, 0.1) is 11.6 Å². The molecule has 1 aliphatic heterocycles. The molecule has 0 radical (unpaired) electrons. The van der Waals surface area contributed by atoms with Crippen LogP contribution in [0.1, 0.15) is 6.42 Å². The van der Waals surface area contributed by atoms with E-state index in [1.54, 1.807) is 30.3 Å². The van der Waals surface area contributed by atoms with Gasteiger partial charge in [0.25, 0.3) is 5.91 Å². The lowest BCUT2D eigenvalue weighted by Crippen LogP contribution is -2.28. The van der Waals surface area contributed by atoms with Crippen molar-refractivity contribution in [2.45, 2.75) is 6.42 Å². The van der Waals surface area contributed by atoms with Gasteiger partial charge in [-0.05, 0) is 36.4 Å². The fraction of sp³-hybridized carbons (Fsp3) is 0.211. The summed E-state index contributed by atoms with van der Waals surface area (Å²) in [5, 5.41) is 3.10. The molecule has 0 aromatic heterocycles. The lowest BCUT2D eigenvalue weighted by atomic mass is 10.1. The summed E-state index contributed by atoms with van der Waals surface area (Å²) < 4.78 is 18.9. The van der Waals surface area contributed by atoms with Gasteiger partial charge in [-0.25, -0.2) is 4.39 Å². The average molecular weight is 391 g/mol. The first-order valence-electron chi connectivity index (χ1n) is 8.21. The molecule has 0 bridgehead atoms. The molecule has 3 rings (SSSR count). The van der Waals surface area contributed by atoms with E-state index < -0.39 is 30.2 Å². The molecular weight excluding hydrogens is 375 g/mol. The fourth-order valence-corrected chi connectivity index (χ4v) is 2.88. The van der Waals surface area contributed by atoms with Crippen molar-refractivity contribution in [1.82, 2.24) is 0 Å². The van der Waals surface area contributed by atoms with Gasteiger partial charge in [0, 0.05) is 23.7 Å². The Morgan fingerprint density at radius 1 is 1.19 bits per heavy atom. The van der Waals surface area contributed by atoms with E-state index in [1.165, 1.54) is 23.1 Å². The molecule has 6 nitrogen and oxygen atoms in total. The molecule has 0 unspecified atom stereocenters. The molecule has 2 aromatic carbocycles. The van der Waals surface area contributed by atoms with Crippen LogP contribution < -0.4 is 10.2 Å². The Hall–Kier alpha value is -2.93. The highest BCUT2D eigenvalue weighted by molar-refractivity contribution is 6.30. The second-order valence-corrected chi connectivity index (χ2v) is 6.46. The maximum Gasteiger partial charge on any atom is 0.311 e. The van der Waals surface area contributed by atoms with Gasteiger partial charge in [0.1, 0.15) is 5.82 Å². The van der Waals surface area contributed by atoms with Crippen molar-refractivity contribution < 1.29 is 23.5 Å². The summed E-state index contributed by atoms with van der Waals surface area (Å²) in [5.41, 5.74) is 0.639. The van der Waals surface area contributed by atoms with E-state index in [9.17, 15) is 18.8 Å². The van der Waals surface area contributed by atoms with E-state index in [0.717, 1.165) is 0 Å². The Bertz CT molecular complexity index is 872. The molecule has 0 spiro atoms. The summed E-state index contributed by atoms with van der Waals surface area (Å²) >= 11 is 5.76. The molecule has 1 atom stereocenters. The summed E-state index contributed by atoms with van der Waals surface area (Å²) in [6.45, 7) is -0.469. The van der Waals surface area contributed by atoms with E-state index >= 15 is 0 Å². The van der Waals surface area contributed by atoms with Crippen LogP contribution in [0.25, 0.3) is 0 Å². The smallest absolute Gasteiger partial charge is 0.311 e. The number of carbonyl (C=O) groups excluding carboxylic acids is 3. The summed E-state index contributed by atoms with van der Waals surface area (Å²) in [4.78, 5) is 37.4. The van der Waals surface area contributed by atoms with Crippen LogP contribution in [0.5, 0.6) is 0 Å². The normalized spacial score (nSPS) is 16.3. The number of hydrogen-bond acceptors (Lipinski definition) is 4. The Labute approximate surface area is 159 Å². The van der Waals surface area contributed by atoms with Crippen LogP contribution in [0.4, 0.5) is 15.8 Å². The molecule has 0 aliphatic carbocycles. The number of esters is 1. The van der Waals surface area contributed by atoms with Crippen LogP contribution in [0.3, 0.4) is 0 Å². The predicted molar refractivity (Wildman–Crippen MR) is 97.9 cm³/mol. The van der Waals surface area contributed by atoms with Crippen LogP contribution in [0.2, 0.25) is 5.02 Å². The number of anilines is 2. The van der Waals surface area contributed by atoms with Crippen LogP contribution in [-0.4, -0.2) is 30.9 Å². The number of nitrogens with zero attached hydrogens (tertiary/aromatic N) is 1. The van der Waals surface area contributed by atoms with Gasteiger partial charge in [0.15, 0.2) is 6.61 Å². The number of nitrogens with one attached hydrogen (secondary N) is 1. The SMILES string of the molecule is O=C(COC(=O)[C@H]1CC(=O)N(c2ccccc2F)C1)Nc1ccc(Cl)cc1. The highest BCUT2D eigenvalue weighted by atomic mass is 35.5. The van der Waals surface area contributed by atoms with Crippen molar-refractivity contribution in [2.75, 3.05) is 23.4 Å². The number of para-hydroxylation sites is 1. The first-order valence-corrected chi connectivity index (χ1v) is 8.59. The largest absolute Gasteiger partial charge is 0.455 e. The van der Waals surface area contributed by atoms with Crippen LogP contribution in [0, 0.1) is 11.7 Å². The minimum Gasteiger partial charge on any atom is -0.455 e. The Morgan fingerprint density at radius 3 is 2.59 bits per heavy atom. The topological polar surface area (TPSA) is 75.7 Å². The third kappa shape index (κ3) is 4.62. The van der Waals surface area contributed by atoms with E-state index in [1.807, 2.05) is 0 Å². The lowest BCUT2D eigenvalue weighted by Gasteiger charge is -2.17. The van der Waals surface area contributed by atoms with E-state index in [-0.39, 0.29) is 24.6 Å². The van der Waals surface area contributed by atoms with Crippen molar-refractivity contribution in [1.29, 1.82) is 0 Å². The highest BCUT2D eigenvalue weighted by Crippen LogP contribution is 2.27. The van der Waals surface area contributed by atoms with Gasteiger partial charge in [0.2, 0.25) is 5.91 Å². The van der Waals surface area contributed by atoms with E-state index in [2.05, 4.69) is 5.32 Å². The molecule has 1 N–H and O–H groups in total. The van der Waals surface area contributed by atoms with E-state index in [0.29, 0.717) is 10.7 Å². The van der Waals surface area contributed by atoms with Gasteiger partial charge in [-0.3, -0.25) is 14.4 Å². The molecule has 1 heterocycles. The molecule has 0 saturated carbocycles. The Balaban J connectivity index is 1.53. The van der Waals surface area contributed by atoms with E-state index in [4.69, 9.17) is 16.3 Å². The van der Waals surface area contributed by atoms with Gasteiger partial charge >= 0.3 is 5.97 Å². The first kappa shape index (κ1) is 18.8. The Morgan fingerprint density at radius 2 is 1.89 bits per heavy atom. The average Bonchev–Trinajstić information content (AvgIpc) is 3.04. The van der Waals surface area contributed by atoms with Crippen LogP contribution in [-0.2, 0) is 19.1 Å². The molecule has 1 fully saturated rings. The Kier molecular flexibility index (Phi) is 5.71. The third-order valence-electron chi connectivity index (χ3n) is 4.08. The number of hydrogen-bond donors (Lipinski definition) is 1. The lowest BCUT2D eigenvalue weighted by molar-refractivity contribution is -0.151. The van der Waals surface area contributed by atoms with Gasteiger partial charge in [-0.2, -0.15) is 0 Å². The highest BCUT2D eigenvalue weighted by Gasteiger charge is 2.37. The van der Waals surface area contributed by atoms with Crippen LogP contribution >= 0.6 is 11.6 Å². The third-order valence-corrected chi connectivity index (χ3v) is 4.33. The second kappa shape index (κ2) is 8.18. The molecule has 2 aromatic rings. The van der Waals surface area contributed by atoms with Gasteiger partial charge < -0.3 is 15.0 Å². The zero-order chi connectivity index (χ0) is 19.4. The van der Waals surface area contributed by atoms with Crippen LogP contribution in [0.15, 0.2) is 48.5 Å². The predicted octanol–water partition coefficient (Wildman–Crippen LogP) is 3.01. The molecule has 1 saturated heterocycles. The number of carbonyl (C=O) groups is 3. The summed E-state index contributed by atoms with van der Waals surface area (Å²) in [6, 6.07) is 12.3. The maximum absolute atomic E-state index is 13.9. The molecule has 2 amide bonds. The quantitative estimate of drug-likeness (QED) is 0.796. The van der Waals surface area contributed by atoms with Crippen molar-refractivity contribution in [3.05, 3.63) is 59.4 Å². The standard InChI is InChI=1S/C19H16ClFN2O4/c20-13-5-7-14(8-6-13)22-17(24)11-27-19(26)12-9-18(25)23(10-12)16-4-2-1-3-15(16)21/h1-8,12H,9-11H2,(H,22,24)/t12-/m0/s1. The van der Waals surface area contributed by atoms with Gasteiger partial charge in [-0.1, -0.05) is 23.7 Å². The summed E-state index contributed by atoms with van der Waals surface area (Å²) in [7, 11) is 0. The first-order chi connectivity index (χ1) is 12.9.